The highest BCUT2D eigenvalue weighted by Crippen LogP contribution is 2.34. The largest absolute Gasteiger partial charge is 0.281 e. The minimum Gasteiger partial charge on any atom is -0.281 e. The number of anilines is 1. The molecule has 4 nitrogen and oxygen atoms in total. The van der Waals surface area contributed by atoms with Crippen LogP contribution in [0.3, 0.4) is 0 Å². The van der Waals surface area contributed by atoms with Crippen molar-refractivity contribution in [2.45, 2.75) is 12.5 Å². The van der Waals surface area contributed by atoms with Crippen molar-refractivity contribution in [3.8, 4) is 0 Å². The van der Waals surface area contributed by atoms with Crippen LogP contribution in [0.1, 0.15) is 22.7 Å². The molecule has 0 N–H and O–H groups in total. The van der Waals surface area contributed by atoms with Crippen molar-refractivity contribution in [2.75, 3.05) is 4.90 Å². The first-order valence-corrected chi connectivity index (χ1v) is 11.3. The Hall–Kier alpha value is -3.83. The van der Waals surface area contributed by atoms with Crippen molar-refractivity contribution < 1.29 is 4.79 Å². The molecule has 5 heteroatoms. The average Bonchev–Trinajstić information content (AvgIpc) is 3.29. The molecule has 0 fully saturated rings. The van der Waals surface area contributed by atoms with Gasteiger partial charge in [-0.3, -0.25) is 14.7 Å². The molecule has 0 spiro atoms. The van der Waals surface area contributed by atoms with Crippen LogP contribution in [-0.4, -0.2) is 15.9 Å². The van der Waals surface area contributed by atoms with E-state index in [1.807, 2.05) is 103 Å². The van der Waals surface area contributed by atoms with Crippen LogP contribution in [0.4, 0.5) is 5.13 Å². The molecule has 0 radical (unpaired) electrons. The zero-order valence-electron chi connectivity index (χ0n) is 17.3. The number of pyridine rings is 1. The molecule has 2 heterocycles. The molecule has 0 aliphatic rings. The summed E-state index contributed by atoms with van der Waals surface area (Å²) in [6, 6.07) is 33.6. The minimum atomic E-state index is -0.437. The van der Waals surface area contributed by atoms with E-state index in [0.29, 0.717) is 11.7 Å². The summed E-state index contributed by atoms with van der Waals surface area (Å²) in [6.07, 6.45) is 1.75. The van der Waals surface area contributed by atoms with Gasteiger partial charge >= 0.3 is 0 Å². The first kappa shape index (κ1) is 20.1. The third-order valence-corrected chi connectivity index (χ3v) is 6.40. The smallest absolute Gasteiger partial charge is 0.241 e. The second-order valence-electron chi connectivity index (χ2n) is 7.46. The summed E-state index contributed by atoms with van der Waals surface area (Å²) in [5.41, 5.74) is 3.62. The molecule has 0 unspecified atom stereocenters. The number of amides is 1. The Morgan fingerprint density at radius 1 is 0.781 bits per heavy atom. The van der Waals surface area contributed by atoms with E-state index in [1.165, 1.54) is 11.3 Å². The third-order valence-electron chi connectivity index (χ3n) is 5.34. The van der Waals surface area contributed by atoms with E-state index in [9.17, 15) is 4.79 Å². The molecule has 3 aromatic carbocycles. The zero-order valence-corrected chi connectivity index (χ0v) is 18.2. The topological polar surface area (TPSA) is 46.1 Å². The Balaban J connectivity index is 1.62. The number of para-hydroxylation sites is 1. The average molecular weight is 436 g/mol. The molecular weight excluding hydrogens is 414 g/mol. The predicted octanol–water partition coefficient (Wildman–Crippen LogP) is 6.06. The van der Waals surface area contributed by atoms with Gasteiger partial charge in [-0.05, 0) is 35.4 Å². The highest BCUT2D eigenvalue weighted by atomic mass is 32.1. The summed E-state index contributed by atoms with van der Waals surface area (Å²) in [6.45, 7) is 0.357. The lowest BCUT2D eigenvalue weighted by Crippen LogP contribution is -2.35. The molecule has 1 amide bonds. The monoisotopic (exact) mass is 435 g/mol. The second-order valence-corrected chi connectivity index (χ2v) is 8.47. The maximum absolute atomic E-state index is 14.2. The maximum atomic E-state index is 14.2. The van der Waals surface area contributed by atoms with Gasteiger partial charge in [0.15, 0.2) is 5.13 Å². The zero-order chi connectivity index (χ0) is 21.8. The molecule has 0 aliphatic carbocycles. The van der Waals surface area contributed by atoms with Crippen LogP contribution in [0, 0.1) is 0 Å². The molecule has 5 rings (SSSR count). The Labute approximate surface area is 190 Å². The minimum absolute atomic E-state index is 0.0212. The van der Waals surface area contributed by atoms with Gasteiger partial charge in [0.25, 0.3) is 0 Å². The number of rotatable bonds is 6. The highest BCUT2D eigenvalue weighted by molar-refractivity contribution is 7.22. The standard InChI is InChI=1S/C27H21N3OS/c31-26(25(20-11-3-1-4-12-20)21-13-5-2-6-14-21)30(19-22-15-9-10-18-28-22)27-29-23-16-7-8-17-24(23)32-27/h1-18,25H,19H2. The molecule has 0 atom stereocenters. The number of carbonyl (C=O) groups excluding carboxylic acids is 1. The fraction of sp³-hybridized carbons (Fsp3) is 0.0741. The van der Waals surface area contributed by atoms with Gasteiger partial charge in [-0.1, -0.05) is 90.2 Å². The fourth-order valence-electron chi connectivity index (χ4n) is 3.79. The Bertz CT molecular complexity index is 1250. The first-order chi connectivity index (χ1) is 15.8. The SMILES string of the molecule is O=C(C(c1ccccc1)c1ccccc1)N(Cc1ccccn1)c1nc2ccccc2s1. The number of nitrogens with zero attached hydrogens (tertiary/aromatic N) is 3. The summed E-state index contributed by atoms with van der Waals surface area (Å²) in [5.74, 6) is -0.458. The lowest BCUT2D eigenvalue weighted by molar-refractivity contribution is -0.119. The Morgan fingerprint density at radius 2 is 1.41 bits per heavy atom. The van der Waals surface area contributed by atoms with Gasteiger partial charge in [0.1, 0.15) is 0 Å². The van der Waals surface area contributed by atoms with Crippen molar-refractivity contribution in [1.29, 1.82) is 0 Å². The maximum Gasteiger partial charge on any atom is 0.241 e. The van der Waals surface area contributed by atoms with E-state index < -0.39 is 5.92 Å². The summed E-state index contributed by atoms with van der Waals surface area (Å²) < 4.78 is 1.05. The number of benzene rings is 3. The van der Waals surface area contributed by atoms with E-state index in [2.05, 4.69) is 4.98 Å². The van der Waals surface area contributed by atoms with Crippen LogP contribution in [0.25, 0.3) is 10.2 Å². The van der Waals surface area contributed by atoms with Gasteiger partial charge < -0.3 is 0 Å². The molecule has 0 saturated carbocycles. The molecule has 156 valence electrons. The third kappa shape index (κ3) is 4.15. The van der Waals surface area contributed by atoms with Crippen LogP contribution in [-0.2, 0) is 11.3 Å². The highest BCUT2D eigenvalue weighted by Gasteiger charge is 2.30. The molecule has 0 saturated heterocycles. The molecule has 32 heavy (non-hydrogen) atoms. The van der Waals surface area contributed by atoms with Gasteiger partial charge in [0, 0.05) is 6.20 Å². The van der Waals surface area contributed by atoms with Gasteiger partial charge in [0.2, 0.25) is 5.91 Å². The van der Waals surface area contributed by atoms with Crippen molar-refractivity contribution in [3.63, 3.8) is 0 Å². The van der Waals surface area contributed by atoms with Gasteiger partial charge in [-0.15, -0.1) is 0 Å². The molecular formula is C27H21N3OS. The molecule has 0 aliphatic heterocycles. The van der Waals surface area contributed by atoms with Gasteiger partial charge in [-0.25, -0.2) is 4.98 Å². The van der Waals surface area contributed by atoms with Crippen molar-refractivity contribution in [2.24, 2.45) is 0 Å². The van der Waals surface area contributed by atoms with Crippen LogP contribution >= 0.6 is 11.3 Å². The number of hydrogen-bond acceptors (Lipinski definition) is 4. The summed E-state index contributed by atoms with van der Waals surface area (Å²) in [5, 5.41) is 0.679. The summed E-state index contributed by atoms with van der Waals surface area (Å²) >= 11 is 1.53. The normalized spacial score (nSPS) is 11.0. The number of carbonyl (C=O) groups is 1. The van der Waals surface area contributed by atoms with E-state index >= 15 is 0 Å². The summed E-state index contributed by atoms with van der Waals surface area (Å²) in [4.78, 5) is 25.2. The van der Waals surface area contributed by atoms with E-state index in [4.69, 9.17) is 4.98 Å². The number of hydrogen-bond donors (Lipinski definition) is 0. The molecule has 2 aromatic heterocycles. The van der Waals surface area contributed by atoms with Crippen LogP contribution in [0.15, 0.2) is 109 Å². The van der Waals surface area contributed by atoms with Crippen molar-refractivity contribution in [1.82, 2.24) is 9.97 Å². The number of thiazole rings is 1. The first-order valence-electron chi connectivity index (χ1n) is 10.5. The van der Waals surface area contributed by atoms with Gasteiger partial charge in [-0.2, -0.15) is 0 Å². The number of fused-ring (bicyclic) bond motifs is 1. The van der Waals surface area contributed by atoms with Crippen molar-refractivity contribution in [3.05, 3.63) is 126 Å². The van der Waals surface area contributed by atoms with Crippen molar-refractivity contribution >= 4 is 32.6 Å². The van der Waals surface area contributed by atoms with E-state index in [1.54, 1.807) is 11.1 Å². The van der Waals surface area contributed by atoms with Crippen LogP contribution < -0.4 is 4.90 Å². The quantitative estimate of drug-likeness (QED) is 0.326. The Kier molecular flexibility index (Phi) is 5.73. The Morgan fingerprint density at radius 3 is 2.03 bits per heavy atom. The lowest BCUT2D eigenvalue weighted by atomic mass is 9.90. The van der Waals surface area contributed by atoms with E-state index in [0.717, 1.165) is 27.0 Å². The van der Waals surface area contributed by atoms with E-state index in [-0.39, 0.29) is 5.91 Å². The van der Waals surface area contributed by atoms with Crippen LogP contribution in [0.5, 0.6) is 0 Å². The van der Waals surface area contributed by atoms with Crippen LogP contribution in [0.2, 0.25) is 0 Å². The fourth-order valence-corrected chi connectivity index (χ4v) is 4.76. The number of aromatic nitrogens is 2. The second kappa shape index (κ2) is 9.12. The molecule has 5 aromatic rings. The van der Waals surface area contributed by atoms with Gasteiger partial charge in [0.05, 0.1) is 28.4 Å². The molecule has 0 bridgehead atoms. The summed E-state index contributed by atoms with van der Waals surface area (Å²) in [7, 11) is 0. The lowest BCUT2D eigenvalue weighted by Gasteiger charge is -2.26. The predicted molar refractivity (Wildman–Crippen MR) is 130 cm³/mol.